The number of thiocarbonyl (C=S) groups is 2. The Hall–Kier alpha value is -11.4. The van der Waals surface area contributed by atoms with Crippen LogP contribution in [-0.2, 0) is 57.1 Å². The van der Waals surface area contributed by atoms with E-state index < -0.39 is 17.0 Å². The van der Waals surface area contributed by atoms with Gasteiger partial charge in [0.05, 0.1) is 139 Å². The molecule has 35 nitrogen and oxygen atoms in total. The second-order valence-electron chi connectivity index (χ2n) is 27.1. The van der Waals surface area contributed by atoms with Crippen LogP contribution in [-0.4, -0.2) is 267 Å². The summed E-state index contributed by atoms with van der Waals surface area (Å²) in [5.74, 6) is 0.485. The predicted octanol–water partition coefficient (Wildman–Crippen LogP) is 12.2. The van der Waals surface area contributed by atoms with Gasteiger partial charge in [0.1, 0.15) is 58.1 Å². The highest BCUT2D eigenvalue weighted by molar-refractivity contribution is 7.80. The zero-order valence-corrected chi connectivity index (χ0v) is 71.2. The van der Waals surface area contributed by atoms with Gasteiger partial charge in [-0.05, 0) is 162 Å². The lowest BCUT2D eigenvalue weighted by molar-refractivity contribution is -0.137. The Bertz CT molecular complexity index is 4750. The number of hydrogen-bond acceptors (Lipinski definition) is 25. The number of pyridine rings is 3. The van der Waals surface area contributed by atoms with Crippen molar-refractivity contribution in [2.75, 3.05) is 181 Å². The van der Waals surface area contributed by atoms with E-state index in [4.69, 9.17) is 116 Å². The van der Waals surface area contributed by atoms with Crippen molar-refractivity contribution in [1.29, 1.82) is 0 Å². The van der Waals surface area contributed by atoms with Crippen molar-refractivity contribution in [2.45, 2.75) is 78.3 Å². The Morgan fingerprint density at radius 3 is 1.21 bits per heavy atom. The monoisotopic (exact) mass is 1720 g/mol. The number of carbonyl (C=O) groups excluding carboxylic acids is 3. The number of para-hydroxylation sites is 3. The average molecular weight is 1720 g/mol. The standard InChI is InChI=1S/C32H37N5O5S.C17H19N3O3S.C15H18N4O3.C9H7NO.C6H13N3O3.C6H14O4/c1-23-22-25(12-13-26(23)33-4)37-30(39)32(2,3)36(31(37)43)16-7-11-28(38)34-15-17-40-18-19-41-20-21-42-27-10-5-8-24-9-6-14-35-29(24)27;1-11-10-12(7-8-13(11)18-4)20-15(23)17(2,3)19(16(20)24)9-5-6-14(21)22;16-19-18-7-8-20-9-10-21-11-12-22-14-5-1-3-13-4-2-6-17-15(13)14;11-8-5-1-3-7-4-2-6-10-9(7)8;7-9-8-1-3-11-5-6-12-4-2-10;7-1-3-9-5-6-10-4-2-8/h5-6,8-10,12-14,22H,7,11,15-21H2,1-3H3,(H,34,38);7-8,10H,5-6,9H2,1-3H3,(H,21,22);1-6H,7-12H2;1-6,11H;10H,1-6H2;7-8H,1-6H2. The van der Waals surface area contributed by atoms with Gasteiger partial charge in [-0.1, -0.05) is 77.0 Å². The summed E-state index contributed by atoms with van der Waals surface area (Å²) in [6, 6.07) is 39.0. The highest BCUT2D eigenvalue weighted by Gasteiger charge is 2.50. The number of carbonyl (C=O) groups is 4. The minimum Gasteiger partial charge on any atom is -0.506 e. The van der Waals surface area contributed by atoms with Gasteiger partial charge in [0.25, 0.3) is 11.8 Å². The number of aromatic nitrogens is 3. The number of hydrogen-bond donors (Lipinski definition) is 6. The number of azide groups is 2. The van der Waals surface area contributed by atoms with Crippen molar-refractivity contribution < 1.29 is 92.1 Å². The molecule has 0 aliphatic carbocycles. The first-order chi connectivity index (χ1) is 59.1. The maximum absolute atomic E-state index is 13.2. The second kappa shape index (κ2) is 57.7. The van der Waals surface area contributed by atoms with E-state index in [1.54, 1.807) is 85.9 Å². The molecular weight excluding hydrogens is 1610 g/mol. The molecule has 0 bridgehead atoms. The summed E-state index contributed by atoms with van der Waals surface area (Å²) in [5, 5.41) is 56.3. The van der Waals surface area contributed by atoms with Gasteiger partial charge in [0.15, 0.2) is 21.6 Å². The molecule has 5 aromatic carbocycles. The first-order valence-corrected chi connectivity index (χ1v) is 40.1. The Balaban J connectivity index is 0.000000285. The lowest BCUT2D eigenvalue weighted by Gasteiger charge is -2.29. The zero-order chi connectivity index (χ0) is 88.8. The first-order valence-electron chi connectivity index (χ1n) is 39.3. The number of aryl methyl sites for hydroxylation is 2. The number of aromatic hydroxyl groups is 1. The molecule has 2 fully saturated rings. The fourth-order valence-corrected chi connectivity index (χ4v) is 12.5. The number of anilines is 2. The van der Waals surface area contributed by atoms with E-state index in [1.807, 2.05) is 111 Å². The molecule has 8 aromatic rings. The van der Waals surface area contributed by atoms with Crippen molar-refractivity contribution in [1.82, 2.24) is 30.1 Å². The Labute approximate surface area is 720 Å². The maximum atomic E-state index is 13.2. The van der Waals surface area contributed by atoms with E-state index in [0.29, 0.717) is 209 Å². The van der Waals surface area contributed by atoms with Crippen LogP contribution in [0.25, 0.3) is 63.3 Å². The number of rotatable bonds is 45. The van der Waals surface area contributed by atoms with Crippen LogP contribution in [0.4, 0.5) is 22.7 Å². The minimum atomic E-state index is -0.869. The Morgan fingerprint density at radius 2 is 0.836 bits per heavy atom. The zero-order valence-electron chi connectivity index (χ0n) is 69.5. The number of aliphatic carboxylic acids is 1. The molecule has 2 saturated heterocycles. The van der Waals surface area contributed by atoms with Gasteiger partial charge < -0.3 is 88.0 Å². The fourth-order valence-electron chi connectivity index (χ4n) is 11.5. The predicted molar refractivity (Wildman–Crippen MR) is 469 cm³/mol. The minimum absolute atomic E-state index is 0.0265. The number of carboxylic acids is 1. The van der Waals surface area contributed by atoms with Gasteiger partial charge in [0.2, 0.25) is 5.91 Å². The molecule has 2 aliphatic heterocycles. The number of nitrogens with zero attached hydrogens (tertiary/aromatic N) is 15. The number of aliphatic hydroxyl groups excluding tert-OH is 3. The van der Waals surface area contributed by atoms with Gasteiger partial charge >= 0.3 is 5.97 Å². The van der Waals surface area contributed by atoms with Crippen molar-refractivity contribution in [3.8, 4) is 17.2 Å². The van der Waals surface area contributed by atoms with Crippen LogP contribution in [0.3, 0.4) is 0 Å². The van der Waals surface area contributed by atoms with Gasteiger partial charge in [-0.3, -0.25) is 43.9 Å². The van der Waals surface area contributed by atoms with E-state index in [9.17, 15) is 24.3 Å². The number of amides is 3. The molecule has 5 heterocycles. The van der Waals surface area contributed by atoms with Crippen LogP contribution in [0.5, 0.6) is 17.2 Å². The van der Waals surface area contributed by atoms with E-state index in [0.717, 1.165) is 49.8 Å². The van der Waals surface area contributed by atoms with Crippen molar-refractivity contribution in [2.24, 2.45) is 10.2 Å². The largest absolute Gasteiger partial charge is 0.506 e. The number of fused-ring (bicyclic) bond motifs is 3. The molecule has 0 saturated carbocycles. The Morgan fingerprint density at radius 1 is 0.484 bits per heavy atom. The number of nitrogens with one attached hydrogen (secondary N) is 1. The van der Waals surface area contributed by atoms with E-state index >= 15 is 0 Å². The second-order valence-corrected chi connectivity index (χ2v) is 27.8. The topological polar surface area (TPSA) is 432 Å². The molecule has 0 atom stereocenters. The molecule has 122 heavy (non-hydrogen) atoms. The van der Waals surface area contributed by atoms with Gasteiger partial charge in [-0.15, -0.1) is 0 Å². The summed E-state index contributed by atoms with van der Waals surface area (Å²) >= 11 is 11.1. The van der Waals surface area contributed by atoms with Gasteiger partial charge in [0, 0.05) is 102 Å². The highest BCUT2D eigenvalue weighted by atomic mass is 32.1. The lowest BCUT2D eigenvalue weighted by Crippen LogP contribution is -2.44. The number of benzene rings is 5. The maximum Gasteiger partial charge on any atom is 0.303 e. The van der Waals surface area contributed by atoms with Crippen molar-refractivity contribution >= 4 is 114 Å². The van der Waals surface area contributed by atoms with Crippen LogP contribution in [0, 0.1) is 27.0 Å². The SMILES string of the molecule is OCCOCCOCCO.Oc1cccc2cccnc12.[C-]#[N+]c1ccc(N2C(=O)C(C)(C)N(CCCC(=O)NCCOCCOCCOc3cccc4cccnc34)C2=S)cc1C.[C-]#[N+]c1ccc(N2C(=O)C(C)(C)N(CCCC(=O)O)C2=S)cc1C.[N-]=[N+]=NCCOCCOCCO.[N-]=[N+]=NCCOCCOCCOc1cccc2cccnc12. The van der Waals surface area contributed by atoms with Crippen LogP contribution >= 0.6 is 24.4 Å². The Kier molecular flexibility index (Phi) is 47.8. The van der Waals surface area contributed by atoms with E-state index in [1.165, 1.54) is 9.80 Å². The molecule has 2 aliphatic rings. The molecule has 0 radical (unpaired) electrons. The summed E-state index contributed by atoms with van der Waals surface area (Å²) in [6.07, 6.45) is 6.45. The summed E-state index contributed by atoms with van der Waals surface area (Å²) < 4.78 is 52.9. The molecule has 0 unspecified atom stereocenters. The number of phenols is 1. The molecule has 654 valence electrons. The lowest BCUT2D eigenvalue weighted by atomic mass is 10.0. The van der Waals surface area contributed by atoms with Crippen LogP contribution in [0.15, 0.2) is 156 Å². The normalized spacial score (nSPS) is 12.8. The number of aliphatic hydroxyl groups is 3. The summed E-state index contributed by atoms with van der Waals surface area (Å²) in [4.78, 5) is 80.6. The summed E-state index contributed by atoms with van der Waals surface area (Å²) in [7, 11) is 0. The van der Waals surface area contributed by atoms with Crippen molar-refractivity contribution in [3.05, 3.63) is 201 Å². The third-order valence-corrected chi connectivity index (χ3v) is 18.5. The third kappa shape index (κ3) is 34.6. The summed E-state index contributed by atoms with van der Waals surface area (Å²) in [6.45, 7) is 35.0. The summed E-state index contributed by atoms with van der Waals surface area (Å²) in [5.41, 5.74) is 20.6. The molecule has 0 spiro atoms. The van der Waals surface area contributed by atoms with Crippen LogP contribution < -0.4 is 24.6 Å². The molecule has 3 aromatic heterocycles. The quantitative estimate of drug-likeness (QED) is 0.00515. The van der Waals surface area contributed by atoms with Crippen LogP contribution in [0.2, 0.25) is 0 Å². The number of phenolic OH excluding ortho intramolecular Hbond substituents is 1. The smallest absolute Gasteiger partial charge is 0.303 e. The number of carboxylic acid groups (broad SMARTS) is 1. The van der Waals surface area contributed by atoms with Crippen molar-refractivity contribution in [3.63, 3.8) is 0 Å². The number of ether oxygens (including phenoxy) is 10. The van der Waals surface area contributed by atoms with E-state index in [-0.39, 0.29) is 49.7 Å². The molecular formula is C85H108N16O19S2. The van der Waals surface area contributed by atoms with E-state index in [2.05, 4.69) is 50.0 Å². The first kappa shape index (κ1) is 101. The van der Waals surface area contributed by atoms with Crippen LogP contribution in [0.1, 0.15) is 64.5 Å². The molecule has 3 amide bonds. The molecule has 6 N–H and O–H groups in total. The van der Waals surface area contributed by atoms with Gasteiger partial charge in [-0.2, -0.15) is 0 Å². The van der Waals surface area contributed by atoms with Gasteiger partial charge in [-0.25, -0.2) is 9.69 Å². The highest BCUT2D eigenvalue weighted by Crippen LogP contribution is 2.37. The molecule has 10 rings (SSSR count). The average Bonchev–Trinajstić information content (AvgIpc) is 1.61. The fraction of sp³-hybridized carbons (Fsp3) is 0.447. The molecule has 37 heteroatoms. The third-order valence-electron chi connectivity index (χ3n) is 17.7.